The molecule has 7 nitrogen and oxygen atoms in total. The maximum atomic E-state index is 12.5. The molecule has 176 valence electrons. The van der Waals surface area contributed by atoms with Crippen molar-refractivity contribution in [2.45, 2.75) is 26.3 Å². The van der Waals surface area contributed by atoms with E-state index in [1.807, 2.05) is 30.3 Å². The molecular weight excluding hydrogens is 428 g/mol. The average Bonchev–Trinajstić information content (AvgIpc) is 2.87. The number of carbonyl (C=O) groups excluding carboxylic acids is 3. The molecule has 3 amide bonds. The molecule has 0 radical (unpaired) electrons. The first-order valence-electron chi connectivity index (χ1n) is 11.4. The van der Waals surface area contributed by atoms with Crippen LogP contribution in [-0.4, -0.2) is 30.8 Å². The van der Waals surface area contributed by atoms with Gasteiger partial charge in [-0.15, -0.1) is 0 Å². The van der Waals surface area contributed by atoms with Gasteiger partial charge in [-0.2, -0.15) is 0 Å². The smallest absolute Gasteiger partial charge is 0.251 e. The van der Waals surface area contributed by atoms with Gasteiger partial charge >= 0.3 is 0 Å². The van der Waals surface area contributed by atoms with Crippen LogP contribution in [0.25, 0.3) is 0 Å². The Morgan fingerprint density at radius 1 is 0.735 bits per heavy atom. The summed E-state index contributed by atoms with van der Waals surface area (Å²) in [4.78, 5) is 37.1. The second kappa shape index (κ2) is 12.8. The van der Waals surface area contributed by atoms with Crippen molar-refractivity contribution < 1.29 is 14.4 Å². The molecule has 0 spiro atoms. The number of amides is 3. The van der Waals surface area contributed by atoms with E-state index < -0.39 is 0 Å². The second-order valence-electron chi connectivity index (χ2n) is 7.84. The van der Waals surface area contributed by atoms with Crippen molar-refractivity contribution in [2.24, 2.45) is 0 Å². The predicted octanol–water partition coefficient (Wildman–Crippen LogP) is 4.20. The third kappa shape index (κ3) is 7.78. The van der Waals surface area contributed by atoms with Crippen LogP contribution < -0.4 is 21.3 Å². The first-order chi connectivity index (χ1) is 16.5. The van der Waals surface area contributed by atoms with E-state index in [2.05, 4.69) is 28.2 Å². The molecule has 4 N–H and O–H groups in total. The maximum Gasteiger partial charge on any atom is 0.251 e. The lowest BCUT2D eigenvalue weighted by atomic mass is 10.1. The second-order valence-corrected chi connectivity index (χ2v) is 7.84. The van der Waals surface area contributed by atoms with Crippen LogP contribution in [0.4, 0.5) is 11.4 Å². The third-order valence-corrected chi connectivity index (χ3v) is 5.10. The Kier molecular flexibility index (Phi) is 9.22. The Balaban J connectivity index is 1.50. The number of unbranched alkanes of at least 4 members (excludes halogenated alkanes) is 1. The van der Waals surface area contributed by atoms with Gasteiger partial charge in [0.05, 0.1) is 6.54 Å². The SMILES string of the molecule is CCCCNC(=O)c1cccc(NC(=O)CNc2cccc(C(=O)NCc3ccccc3)c2)c1. The van der Waals surface area contributed by atoms with Crippen LogP contribution in [-0.2, 0) is 11.3 Å². The molecule has 3 aromatic rings. The van der Waals surface area contributed by atoms with Crippen molar-refractivity contribution in [3.05, 3.63) is 95.6 Å². The summed E-state index contributed by atoms with van der Waals surface area (Å²) in [6.45, 7) is 3.14. The largest absolute Gasteiger partial charge is 0.376 e. The van der Waals surface area contributed by atoms with Crippen molar-refractivity contribution in [1.29, 1.82) is 0 Å². The molecule has 0 aliphatic rings. The minimum atomic E-state index is -0.262. The summed E-state index contributed by atoms with van der Waals surface area (Å²) >= 11 is 0. The van der Waals surface area contributed by atoms with Gasteiger partial charge in [-0.25, -0.2) is 0 Å². The Labute approximate surface area is 200 Å². The molecular formula is C27H30N4O3. The zero-order chi connectivity index (χ0) is 24.2. The fourth-order valence-electron chi connectivity index (χ4n) is 3.26. The van der Waals surface area contributed by atoms with Crippen molar-refractivity contribution >= 4 is 29.1 Å². The van der Waals surface area contributed by atoms with Gasteiger partial charge in [-0.3, -0.25) is 14.4 Å². The number of anilines is 2. The highest BCUT2D eigenvalue weighted by Gasteiger charge is 2.09. The summed E-state index contributed by atoms with van der Waals surface area (Å²) in [6.07, 6.45) is 1.92. The molecule has 34 heavy (non-hydrogen) atoms. The van der Waals surface area contributed by atoms with Crippen LogP contribution in [0.3, 0.4) is 0 Å². The van der Waals surface area contributed by atoms with Gasteiger partial charge in [-0.1, -0.05) is 55.8 Å². The van der Waals surface area contributed by atoms with Crippen molar-refractivity contribution in [3.63, 3.8) is 0 Å². The van der Waals surface area contributed by atoms with Crippen LogP contribution in [0, 0.1) is 0 Å². The highest BCUT2D eigenvalue weighted by molar-refractivity contribution is 5.98. The molecule has 0 fully saturated rings. The molecule has 0 saturated heterocycles. The van der Waals surface area contributed by atoms with Crippen LogP contribution in [0.15, 0.2) is 78.9 Å². The average molecular weight is 459 g/mol. The Bertz CT molecular complexity index is 1120. The highest BCUT2D eigenvalue weighted by Crippen LogP contribution is 2.13. The van der Waals surface area contributed by atoms with Crippen molar-refractivity contribution in [3.8, 4) is 0 Å². The predicted molar refractivity (Wildman–Crippen MR) is 135 cm³/mol. The first-order valence-corrected chi connectivity index (χ1v) is 11.4. The molecule has 0 bridgehead atoms. The summed E-state index contributed by atoms with van der Waals surface area (Å²) in [5, 5.41) is 11.6. The van der Waals surface area contributed by atoms with Gasteiger partial charge in [0.2, 0.25) is 5.91 Å². The summed E-state index contributed by atoms with van der Waals surface area (Å²) in [5.41, 5.74) is 3.22. The molecule has 0 aliphatic carbocycles. The van der Waals surface area contributed by atoms with E-state index in [1.54, 1.807) is 48.5 Å². The van der Waals surface area contributed by atoms with Gasteiger partial charge in [0, 0.05) is 35.6 Å². The number of nitrogens with one attached hydrogen (secondary N) is 4. The van der Waals surface area contributed by atoms with E-state index >= 15 is 0 Å². The number of rotatable bonds is 11. The zero-order valence-corrected chi connectivity index (χ0v) is 19.3. The Morgan fingerprint density at radius 2 is 1.38 bits per heavy atom. The van der Waals surface area contributed by atoms with Crippen LogP contribution in [0.1, 0.15) is 46.0 Å². The molecule has 0 aromatic heterocycles. The standard InChI is InChI=1S/C27H30N4O3/c1-2-3-15-28-26(33)22-12-8-14-24(17-22)31-25(32)19-29-23-13-7-11-21(16-23)27(34)30-18-20-9-5-4-6-10-20/h4-14,16-17,29H,2-3,15,18-19H2,1H3,(H,28,33)(H,30,34)(H,31,32). The molecule has 3 rings (SSSR count). The molecule has 0 aliphatic heterocycles. The molecule has 3 aromatic carbocycles. The van der Waals surface area contributed by atoms with E-state index in [9.17, 15) is 14.4 Å². The van der Waals surface area contributed by atoms with E-state index in [0.29, 0.717) is 35.6 Å². The lowest BCUT2D eigenvalue weighted by Crippen LogP contribution is -2.25. The maximum absolute atomic E-state index is 12.5. The molecule has 7 heteroatoms. The number of hydrogen-bond donors (Lipinski definition) is 4. The van der Waals surface area contributed by atoms with Gasteiger partial charge in [0.25, 0.3) is 11.8 Å². The number of benzene rings is 3. The summed E-state index contributed by atoms with van der Waals surface area (Å²) < 4.78 is 0. The molecule has 0 heterocycles. The number of carbonyl (C=O) groups is 3. The number of hydrogen-bond acceptors (Lipinski definition) is 4. The van der Waals surface area contributed by atoms with Crippen LogP contribution in [0.2, 0.25) is 0 Å². The van der Waals surface area contributed by atoms with Crippen LogP contribution >= 0.6 is 0 Å². The summed E-state index contributed by atoms with van der Waals surface area (Å²) in [7, 11) is 0. The lowest BCUT2D eigenvalue weighted by Gasteiger charge is -2.11. The monoisotopic (exact) mass is 458 g/mol. The lowest BCUT2D eigenvalue weighted by molar-refractivity contribution is -0.114. The quantitative estimate of drug-likeness (QED) is 0.324. The first kappa shape index (κ1) is 24.5. The van der Waals surface area contributed by atoms with E-state index in [4.69, 9.17) is 0 Å². The fourth-order valence-corrected chi connectivity index (χ4v) is 3.26. The minimum absolute atomic E-state index is 0.0159. The molecule has 0 saturated carbocycles. The van der Waals surface area contributed by atoms with Gasteiger partial charge < -0.3 is 21.3 Å². The van der Waals surface area contributed by atoms with Gasteiger partial charge in [0.1, 0.15) is 0 Å². The van der Waals surface area contributed by atoms with Crippen molar-refractivity contribution in [2.75, 3.05) is 23.7 Å². The third-order valence-electron chi connectivity index (χ3n) is 5.10. The van der Waals surface area contributed by atoms with Crippen molar-refractivity contribution in [1.82, 2.24) is 10.6 Å². The zero-order valence-electron chi connectivity index (χ0n) is 19.3. The van der Waals surface area contributed by atoms with Crippen LogP contribution in [0.5, 0.6) is 0 Å². The minimum Gasteiger partial charge on any atom is -0.376 e. The molecule has 0 atom stereocenters. The van der Waals surface area contributed by atoms with E-state index in [0.717, 1.165) is 18.4 Å². The Hall–Kier alpha value is -4.13. The van der Waals surface area contributed by atoms with Gasteiger partial charge in [-0.05, 0) is 48.4 Å². The normalized spacial score (nSPS) is 10.3. The molecule has 0 unspecified atom stereocenters. The van der Waals surface area contributed by atoms with E-state index in [1.165, 1.54) is 0 Å². The summed E-state index contributed by atoms with van der Waals surface area (Å²) in [5.74, 6) is -0.613. The fraction of sp³-hybridized carbons (Fsp3) is 0.222. The topological polar surface area (TPSA) is 99.3 Å². The summed E-state index contributed by atoms with van der Waals surface area (Å²) in [6, 6.07) is 23.5. The highest BCUT2D eigenvalue weighted by atomic mass is 16.2. The van der Waals surface area contributed by atoms with E-state index in [-0.39, 0.29) is 24.3 Å². The van der Waals surface area contributed by atoms with Gasteiger partial charge in [0.15, 0.2) is 0 Å². The Morgan fingerprint density at radius 3 is 2.09 bits per heavy atom.